The second-order valence-corrected chi connectivity index (χ2v) is 5.37. The van der Waals surface area contributed by atoms with Crippen LogP contribution in [0.25, 0.3) is 0 Å². The third-order valence-electron chi connectivity index (χ3n) is 3.79. The predicted molar refractivity (Wildman–Crippen MR) is 91.5 cm³/mol. The van der Waals surface area contributed by atoms with Crippen molar-refractivity contribution in [3.63, 3.8) is 0 Å². The molecule has 124 valence electrons. The fourth-order valence-corrected chi connectivity index (χ4v) is 2.53. The van der Waals surface area contributed by atoms with Crippen LogP contribution in [-0.2, 0) is 4.74 Å². The van der Waals surface area contributed by atoms with Gasteiger partial charge < -0.3 is 14.7 Å². The van der Waals surface area contributed by atoms with Crippen LogP contribution in [0, 0.1) is 10.1 Å². The van der Waals surface area contributed by atoms with Crippen molar-refractivity contribution in [2.45, 2.75) is 0 Å². The highest BCUT2D eigenvalue weighted by molar-refractivity contribution is 5.87. The van der Waals surface area contributed by atoms with Crippen LogP contribution in [0.5, 0.6) is 5.75 Å². The van der Waals surface area contributed by atoms with Crippen LogP contribution in [0.1, 0.15) is 5.56 Å². The number of ether oxygens (including phenoxy) is 1. The molecule has 7 nitrogen and oxygen atoms in total. The zero-order chi connectivity index (χ0) is 16.9. The number of anilines is 1. The topological polar surface area (TPSA) is 88.2 Å². The van der Waals surface area contributed by atoms with E-state index in [-0.39, 0.29) is 17.0 Å². The Bertz CT molecular complexity index is 753. The molecule has 0 unspecified atom stereocenters. The summed E-state index contributed by atoms with van der Waals surface area (Å²) in [5, 5.41) is 20.5. The molecule has 3 rings (SSSR count). The van der Waals surface area contributed by atoms with Gasteiger partial charge in [0, 0.05) is 31.1 Å². The molecule has 0 bridgehead atoms. The minimum absolute atomic E-state index is 0.0373. The lowest BCUT2D eigenvalue weighted by atomic mass is 10.2. The maximum Gasteiger partial charge on any atom is 0.278 e. The molecule has 1 N–H and O–H groups in total. The molecule has 2 aromatic carbocycles. The summed E-state index contributed by atoms with van der Waals surface area (Å²) in [6.07, 6.45) is 1.39. The Labute approximate surface area is 139 Å². The summed E-state index contributed by atoms with van der Waals surface area (Å²) in [6, 6.07) is 11.5. The van der Waals surface area contributed by atoms with Gasteiger partial charge in [-0.25, -0.2) is 0 Å². The number of rotatable bonds is 4. The molecule has 1 saturated heterocycles. The zero-order valence-electron chi connectivity index (χ0n) is 13.0. The quantitative estimate of drug-likeness (QED) is 0.530. The molecule has 0 atom stereocenters. The number of hydrogen-bond donors (Lipinski definition) is 1. The van der Waals surface area contributed by atoms with Crippen molar-refractivity contribution in [3.05, 3.63) is 58.1 Å². The van der Waals surface area contributed by atoms with Crippen molar-refractivity contribution >= 4 is 23.3 Å². The van der Waals surface area contributed by atoms with Gasteiger partial charge in [-0.1, -0.05) is 0 Å². The van der Waals surface area contributed by atoms with E-state index in [9.17, 15) is 15.2 Å². The summed E-state index contributed by atoms with van der Waals surface area (Å²) in [5.41, 5.74) is 1.95. The number of aromatic hydroxyl groups is 1. The highest BCUT2D eigenvalue weighted by Gasteiger charge is 2.13. The van der Waals surface area contributed by atoms with E-state index in [2.05, 4.69) is 9.89 Å². The summed E-state index contributed by atoms with van der Waals surface area (Å²) >= 11 is 0. The second-order valence-electron chi connectivity index (χ2n) is 5.37. The van der Waals surface area contributed by atoms with E-state index < -0.39 is 4.92 Å². The molecule has 2 aromatic rings. The van der Waals surface area contributed by atoms with Gasteiger partial charge in [0.15, 0.2) is 0 Å². The number of hydrogen-bond acceptors (Lipinski definition) is 6. The molecular weight excluding hydrogens is 310 g/mol. The zero-order valence-corrected chi connectivity index (χ0v) is 13.0. The molecule has 0 aliphatic carbocycles. The Balaban J connectivity index is 1.77. The van der Waals surface area contributed by atoms with Crippen LogP contribution in [-0.4, -0.2) is 42.5 Å². The molecule has 24 heavy (non-hydrogen) atoms. The summed E-state index contributed by atoms with van der Waals surface area (Å²) in [5.74, 6) is -0.0373. The molecule has 0 amide bonds. The van der Waals surface area contributed by atoms with E-state index in [4.69, 9.17) is 4.74 Å². The molecular formula is C17H17N3O4. The van der Waals surface area contributed by atoms with E-state index in [1.165, 1.54) is 24.4 Å². The van der Waals surface area contributed by atoms with Gasteiger partial charge in [0.1, 0.15) is 5.75 Å². The Kier molecular flexibility index (Phi) is 4.72. The van der Waals surface area contributed by atoms with Crippen LogP contribution in [0.2, 0.25) is 0 Å². The van der Waals surface area contributed by atoms with E-state index in [1.807, 2.05) is 24.3 Å². The van der Waals surface area contributed by atoms with Crippen molar-refractivity contribution < 1.29 is 14.8 Å². The fraction of sp³-hybridized carbons (Fsp3) is 0.235. The monoisotopic (exact) mass is 327 g/mol. The van der Waals surface area contributed by atoms with Gasteiger partial charge in [0.25, 0.3) is 5.69 Å². The van der Waals surface area contributed by atoms with Gasteiger partial charge in [-0.05, 0) is 36.4 Å². The number of nitrogens with zero attached hydrogens (tertiary/aromatic N) is 3. The highest BCUT2D eigenvalue weighted by Crippen LogP contribution is 2.24. The Morgan fingerprint density at radius 3 is 2.54 bits per heavy atom. The maximum absolute atomic E-state index is 11.0. The Hall–Kier alpha value is -2.93. The number of phenols is 1. The largest absolute Gasteiger partial charge is 0.508 e. The van der Waals surface area contributed by atoms with Gasteiger partial charge in [-0.15, -0.1) is 0 Å². The third kappa shape index (κ3) is 3.69. The molecule has 7 heteroatoms. The standard InChI is InChI=1S/C17H17N3O4/c21-16-5-6-17(20(22)23)13(11-16)12-18-14-1-3-15(4-2-14)19-7-9-24-10-8-19/h1-6,11-12,21H,7-10H2. The van der Waals surface area contributed by atoms with Gasteiger partial charge in [-0.3, -0.25) is 15.1 Å². The van der Waals surface area contributed by atoms with Gasteiger partial charge >= 0.3 is 0 Å². The van der Waals surface area contributed by atoms with Crippen molar-refractivity contribution in [2.75, 3.05) is 31.2 Å². The first-order valence-electron chi connectivity index (χ1n) is 7.58. The summed E-state index contributed by atoms with van der Waals surface area (Å²) in [7, 11) is 0. The first-order chi connectivity index (χ1) is 11.6. The van der Waals surface area contributed by atoms with Crippen LogP contribution in [0.15, 0.2) is 47.5 Å². The lowest BCUT2D eigenvalue weighted by molar-refractivity contribution is -0.385. The highest BCUT2D eigenvalue weighted by atomic mass is 16.6. The van der Waals surface area contributed by atoms with Gasteiger partial charge in [0.2, 0.25) is 0 Å². The first-order valence-corrected chi connectivity index (χ1v) is 7.58. The van der Waals surface area contributed by atoms with E-state index >= 15 is 0 Å². The molecule has 1 aliphatic rings. The first kappa shape index (κ1) is 15.9. The van der Waals surface area contributed by atoms with Crippen molar-refractivity contribution in [1.82, 2.24) is 0 Å². The molecule has 1 fully saturated rings. The van der Waals surface area contributed by atoms with Crippen LogP contribution < -0.4 is 4.90 Å². The average molecular weight is 327 g/mol. The lowest BCUT2D eigenvalue weighted by Crippen LogP contribution is -2.36. The van der Waals surface area contributed by atoms with Crippen LogP contribution in [0.4, 0.5) is 17.1 Å². The van der Waals surface area contributed by atoms with Crippen molar-refractivity contribution in [3.8, 4) is 5.75 Å². The fourth-order valence-electron chi connectivity index (χ4n) is 2.53. The van der Waals surface area contributed by atoms with Crippen molar-refractivity contribution in [1.29, 1.82) is 0 Å². The molecule has 1 heterocycles. The maximum atomic E-state index is 11.0. The number of phenolic OH excluding ortho intramolecular Hbond substituents is 1. The minimum atomic E-state index is -0.498. The number of benzene rings is 2. The lowest BCUT2D eigenvalue weighted by Gasteiger charge is -2.28. The van der Waals surface area contributed by atoms with Crippen LogP contribution in [0.3, 0.4) is 0 Å². The number of nitro groups is 1. The van der Waals surface area contributed by atoms with E-state index in [0.29, 0.717) is 5.69 Å². The van der Waals surface area contributed by atoms with Crippen LogP contribution >= 0.6 is 0 Å². The number of morpholine rings is 1. The number of nitro benzene ring substituents is 1. The Morgan fingerprint density at radius 2 is 1.88 bits per heavy atom. The van der Waals surface area contributed by atoms with Crippen molar-refractivity contribution in [2.24, 2.45) is 4.99 Å². The SMILES string of the molecule is O=[N+]([O-])c1ccc(O)cc1C=Nc1ccc(N2CCOCC2)cc1. The van der Waals surface area contributed by atoms with E-state index in [0.717, 1.165) is 32.0 Å². The second kappa shape index (κ2) is 7.10. The van der Waals surface area contributed by atoms with Gasteiger partial charge in [-0.2, -0.15) is 0 Å². The van der Waals surface area contributed by atoms with Gasteiger partial charge in [0.05, 0.1) is 29.4 Å². The average Bonchev–Trinajstić information content (AvgIpc) is 2.61. The molecule has 0 radical (unpaired) electrons. The molecule has 0 spiro atoms. The summed E-state index contributed by atoms with van der Waals surface area (Å²) in [4.78, 5) is 17.0. The predicted octanol–water partition coefficient (Wildman–Crippen LogP) is 2.89. The third-order valence-corrected chi connectivity index (χ3v) is 3.79. The normalized spacial score (nSPS) is 14.9. The van der Waals surface area contributed by atoms with E-state index in [1.54, 1.807) is 0 Å². The summed E-state index contributed by atoms with van der Waals surface area (Å²) in [6.45, 7) is 3.17. The number of aliphatic imine (C=N–C) groups is 1. The smallest absolute Gasteiger partial charge is 0.278 e. The molecule has 0 saturated carbocycles. The summed E-state index contributed by atoms with van der Waals surface area (Å²) < 4.78 is 5.33. The molecule has 0 aromatic heterocycles. The molecule has 1 aliphatic heterocycles. The minimum Gasteiger partial charge on any atom is -0.508 e. The Morgan fingerprint density at radius 1 is 1.17 bits per heavy atom.